The van der Waals surface area contributed by atoms with Crippen molar-refractivity contribution in [1.29, 1.82) is 0 Å². The number of carbonyl (C=O) groups excluding carboxylic acids is 1. The molecule has 0 saturated heterocycles. The van der Waals surface area contributed by atoms with Crippen molar-refractivity contribution >= 4 is 27.4 Å². The number of sulfonamides is 1. The smallest absolute Gasteiger partial charge is 0.316 e. The largest absolute Gasteiger partial charge is 0.460 e. The minimum absolute atomic E-state index is 0.0403. The van der Waals surface area contributed by atoms with Gasteiger partial charge in [0.1, 0.15) is 11.9 Å². The van der Waals surface area contributed by atoms with Crippen LogP contribution in [0.5, 0.6) is 6.01 Å². The Morgan fingerprint density at radius 3 is 2.38 bits per heavy atom. The molecule has 0 radical (unpaired) electrons. The van der Waals surface area contributed by atoms with E-state index in [2.05, 4.69) is 28.5 Å². The molecule has 2 atom stereocenters. The van der Waals surface area contributed by atoms with E-state index in [0.717, 1.165) is 19.3 Å². The Bertz CT molecular complexity index is 881. The zero-order chi connectivity index (χ0) is 20.9. The van der Waals surface area contributed by atoms with Gasteiger partial charge in [0.2, 0.25) is 10.0 Å². The molecule has 0 aliphatic heterocycles. The molecule has 1 aromatic rings. The van der Waals surface area contributed by atoms with Gasteiger partial charge in [-0.15, -0.1) is 0 Å². The van der Waals surface area contributed by atoms with Gasteiger partial charge in [0.15, 0.2) is 0 Å². The van der Waals surface area contributed by atoms with Gasteiger partial charge in [-0.05, 0) is 49.9 Å². The van der Waals surface area contributed by atoms with E-state index in [1.807, 2.05) is 0 Å². The molecule has 1 N–H and O–H groups in total. The number of rotatable bonds is 6. The van der Waals surface area contributed by atoms with Crippen LogP contribution in [0.2, 0.25) is 5.02 Å². The molecule has 0 aromatic carbocycles. The van der Waals surface area contributed by atoms with Gasteiger partial charge in [-0.3, -0.25) is 4.79 Å². The number of aromatic nitrogens is 2. The Kier molecular flexibility index (Phi) is 5.40. The number of fused-ring (bicyclic) bond motifs is 2. The van der Waals surface area contributed by atoms with Crippen molar-refractivity contribution in [3.05, 3.63) is 17.4 Å². The fourth-order valence-corrected chi connectivity index (χ4v) is 7.79. The van der Waals surface area contributed by atoms with Gasteiger partial charge >= 0.3 is 6.01 Å². The van der Waals surface area contributed by atoms with Crippen LogP contribution in [0, 0.1) is 16.7 Å². The SMILES string of the molecule is CC1(C)C2CCC1(CS(=O)(=O)NC1CCC(Oc3ncc(Cl)cn3)CC1)C(=O)C2. The average Bonchev–Trinajstić information content (AvgIpc) is 2.99. The first-order valence-corrected chi connectivity index (χ1v) is 12.3. The van der Waals surface area contributed by atoms with Crippen LogP contribution >= 0.6 is 11.6 Å². The lowest BCUT2D eigenvalue weighted by Crippen LogP contribution is -2.48. The molecule has 9 heteroatoms. The molecule has 3 fully saturated rings. The highest BCUT2D eigenvalue weighted by molar-refractivity contribution is 7.89. The zero-order valence-corrected chi connectivity index (χ0v) is 18.4. The average molecular weight is 442 g/mol. The Labute approximate surface area is 177 Å². The van der Waals surface area contributed by atoms with Crippen LogP contribution in [-0.2, 0) is 14.8 Å². The molecule has 160 valence electrons. The van der Waals surface area contributed by atoms with Crippen LogP contribution in [0.15, 0.2) is 12.4 Å². The summed E-state index contributed by atoms with van der Waals surface area (Å²) in [5, 5.41) is 0.451. The summed E-state index contributed by atoms with van der Waals surface area (Å²) in [7, 11) is -3.54. The van der Waals surface area contributed by atoms with Crippen LogP contribution in [0.1, 0.15) is 58.8 Å². The molecule has 29 heavy (non-hydrogen) atoms. The summed E-state index contributed by atoms with van der Waals surface area (Å²) in [6.45, 7) is 4.12. The van der Waals surface area contributed by atoms with E-state index in [-0.39, 0.29) is 35.1 Å². The lowest BCUT2D eigenvalue weighted by atomic mass is 9.70. The van der Waals surface area contributed by atoms with Crippen LogP contribution in [-0.4, -0.2) is 42.1 Å². The Morgan fingerprint density at radius 2 is 1.83 bits per heavy atom. The second kappa shape index (κ2) is 7.46. The van der Waals surface area contributed by atoms with Crippen molar-refractivity contribution in [2.75, 3.05) is 5.75 Å². The van der Waals surface area contributed by atoms with Crippen LogP contribution < -0.4 is 9.46 Å². The van der Waals surface area contributed by atoms with Gasteiger partial charge in [0.05, 0.1) is 23.2 Å². The quantitative estimate of drug-likeness (QED) is 0.728. The van der Waals surface area contributed by atoms with E-state index in [4.69, 9.17) is 16.3 Å². The number of hydrogen-bond donors (Lipinski definition) is 1. The molecule has 7 nitrogen and oxygen atoms in total. The maximum Gasteiger partial charge on any atom is 0.316 e. The molecular formula is C20H28ClN3O4S. The number of ether oxygens (including phenoxy) is 1. The van der Waals surface area contributed by atoms with Crippen LogP contribution in [0.3, 0.4) is 0 Å². The summed E-state index contributed by atoms with van der Waals surface area (Å²) in [6, 6.07) is 0.162. The summed E-state index contributed by atoms with van der Waals surface area (Å²) in [6.07, 6.45) is 7.90. The molecule has 3 aliphatic carbocycles. The van der Waals surface area contributed by atoms with Crippen molar-refractivity contribution in [3.8, 4) is 6.01 Å². The second-order valence-corrected chi connectivity index (χ2v) is 11.5. The summed E-state index contributed by atoms with van der Waals surface area (Å²) in [5.41, 5.74) is -0.974. The normalized spacial score (nSPS) is 33.8. The van der Waals surface area contributed by atoms with E-state index >= 15 is 0 Å². The van der Waals surface area contributed by atoms with Crippen LogP contribution in [0.25, 0.3) is 0 Å². The van der Waals surface area contributed by atoms with Gasteiger partial charge in [-0.25, -0.2) is 23.1 Å². The van der Waals surface area contributed by atoms with Crippen molar-refractivity contribution < 1.29 is 17.9 Å². The van der Waals surface area contributed by atoms with Crippen molar-refractivity contribution in [1.82, 2.24) is 14.7 Å². The van der Waals surface area contributed by atoms with Crippen molar-refractivity contribution in [2.24, 2.45) is 16.7 Å². The van der Waals surface area contributed by atoms with Gasteiger partial charge < -0.3 is 4.74 Å². The zero-order valence-electron chi connectivity index (χ0n) is 16.9. The minimum Gasteiger partial charge on any atom is -0.460 e. The molecule has 2 unspecified atom stereocenters. The Hall–Kier alpha value is -1.25. The number of nitrogens with one attached hydrogen (secondary N) is 1. The fourth-order valence-electron chi connectivity index (χ4n) is 5.54. The molecule has 0 spiro atoms. The maximum absolute atomic E-state index is 12.9. The number of nitrogens with zero attached hydrogens (tertiary/aromatic N) is 2. The highest BCUT2D eigenvalue weighted by Crippen LogP contribution is 2.64. The number of halogens is 1. The lowest BCUT2D eigenvalue weighted by molar-refractivity contribution is -0.128. The maximum atomic E-state index is 12.9. The van der Waals surface area contributed by atoms with Crippen LogP contribution in [0.4, 0.5) is 0 Å². The predicted molar refractivity (Wildman–Crippen MR) is 109 cm³/mol. The lowest BCUT2D eigenvalue weighted by Gasteiger charge is -2.37. The van der Waals surface area contributed by atoms with E-state index < -0.39 is 15.4 Å². The van der Waals surface area contributed by atoms with E-state index in [0.29, 0.717) is 36.6 Å². The number of hydrogen-bond acceptors (Lipinski definition) is 6. The summed E-state index contributed by atoms with van der Waals surface area (Å²) in [5.74, 6) is 0.356. The van der Waals surface area contributed by atoms with E-state index in [1.54, 1.807) is 0 Å². The highest BCUT2D eigenvalue weighted by Gasteiger charge is 2.65. The van der Waals surface area contributed by atoms with Gasteiger partial charge in [-0.1, -0.05) is 25.4 Å². The second-order valence-electron chi connectivity index (χ2n) is 9.32. The summed E-state index contributed by atoms with van der Waals surface area (Å²) < 4.78 is 34.5. The number of ketones is 1. The standard InChI is InChI=1S/C20H28ClN3O4S/c1-19(2)13-7-8-20(19,17(25)9-13)12-29(26,27)24-15-3-5-16(6-4-15)28-18-22-10-14(21)11-23-18/h10-11,13,15-16,24H,3-9,12H2,1-2H3. The third kappa shape index (κ3) is 3.91. The summed E-state index contributed by atoms with van der Waals surface area (Å²) >= 11 is 5.78. The van der Waals surface area contributed by atoms with Crippen molar-refractivity contribution in [2.45, 2.75) is 70.9 Å². The monoisotopic (exact) mass is 441 g/mol. The van der Waals surface area contributed by atoms with Crippen molar-refractivity contribution in [3.63, 3.8) is 0 Å². The first kappa shape index (κ1) is 21.0. The van der Waals surface area contributed by atoms with E-state index in [1.165, 1.54) is 12.4 Å². The molecular weight excluding hydrogens is 414 g/mol. The van der Waals surface area contributed by atoms with Gasteiger partial charge in [-0.2, -0.15) is 0 Å². The first-order chi connectivity index (χ1) is 13.6. The third-order valence-corrected chi connectivity index (χ3v) is 9.23. The highest BCUT2D eigenvalue weighted by atomic mass is 35.5. The molecule has 0 amide bonds. The third-order valence-electron chi connectivity index (χ3n) is 7.46. The molecule has 3 aliphatic rings. The Morgan fingerprint density at radius 1 is 1.17 bits per heavy atom. The number of carbonyl (C=O) groups is 1. The molecule has 1 aromatic heterocycles. The molecule has 4 rings (SSSR count). The Balaban J connectivity index is 1.33. The minimum atomic E-state index is -3.54. The first-order valence-electron chi connectivity index (χ1n) is 10.3. The summed E-state index contributed by atoms with van der Waals surface area (Å²) in [4.78, 5) is 20.7. The van der Waals surface area contributed by atoms with Gasteiger partial charge in [0.25, 0.3) is 0 Å². The van der Waals surface area contributed by atoms with Gasteiger partial charge in [0, 0.05) is 17.9 Å². The topological polar surface area (TPSA) is 98.2 Å². The molecule has 3 saturated carbocycles. The van der Waals surface area contributed by atoms with E-state index in [9.17, 15) is 13.2 Å². The fraction of sp³-hybridized carbons (Fsp3) is 0.750. The molecule has 1 heterocycles. The predicted octanol–water partition coefficient (Wildman–Crippen LogP) is 3.13. The molecule has 2 bridgehead atoms. The number of Topliss-reactive ketones (excluding diaryl/α,β-unsaturated/α-hetero) is 1.